The van der Waals surface area contributed by atoms with Crippen LogP contribution in [0.25, 0.3) is 0 Å². The molecule has 0 atom stereocenters. The highest BCUT2D eigenvalue weighted by Gasteiger charge is 2.26. The van der Waals surface area contributed by atoms with Crippen molar-refractivity contribution in [2.24, 2.45) is 0 Å². The van der Waals surface area contributed by atoms with E-state index in [-0.39, 0.29) is 23.1 Å². The van der Waals surface area contributed by atoms with Crippen LogP contribution < -0.4 is 14.9 Å². The van der Waals surface area contributed by atoms with Crippen molar-refractivity contribution in [1.82, 2.24) is 0 Å². The standard InChI is InChI=1S/C17H17N3O4S/c1-11(21)18-13-3-5-14(6-4-13)19-25(23,24)15-7-8-16-12(9-15)10-17(22)20(16)2/h3-9,19H,10H2,1-2H3,(H,18,21). The van der Waals surface area contributed by atoms with Crippen LogP contribution in [-0.4, -0.2) is 27.3 Å². The Morgan fingerprint density at radius 1 is 1.08 bits per heavy atom. The Morgan fingerprint density at radius 2 is 1.72 bits per heavy atom. The molecule has 1 heterocycles. The summed E-state index contributed by atoms with van der Waals surface area (Å²) < 4.78 is 27.6. The lowest BCUT2D eigenvalue weighted by Gasteiger charge is -2.12. The van der Waals surface area contributed by atoms with E-state index in [4.69, 9.17) is 0 Å². The molecule has 0 aromatic heterocycles. The molecule has 25 heavy (non-hydrogen) atoms. The minimum absolute atomic E-state index is 0.0638. The van der Waals surface area contributed by atoms with Crippen LogP contribution in [0, 0.1) is 0 Å². The minimum atomic E-state index is -3.77. The van der Waals surface area contributed by atoms with Gasteiger partial charge in [-0.05, 0) is 48.0 Å². The van der Waals surface area contributed by atoms with Crippen LogP contribution in [0.15, 0.2) is 47.4 Å². The van der Waals surface area contributed by atoms with Crippen LogP contribution in [-0.2, 0) is 26.0 Å². The summed E-state index contributed by atoms with van der Waals surface area (Å²) in [4.78, 5) is 24.3. The van der Waals surface area contributed by atoms with Gasteiger partial charge in [0.15, 0.2) is 0 Å². The SMILES string of the molecule is CC(=O)Nc1ccc(NS(=O)(=O)c2ccc3c(c2)CC(=O)N3C)cc1. The van der Waals surface area contributed by atoms with Crippen LogP contribution >= 0.6 is 0 Å². The summed E-state index contributed by atoms with van der Waals surface area (Å²) in [7, 11) is -2.11. The molecule has 2 N–H and O–H groups in total. The lowest BCUT2D eigenvalue weighted by Crippen LogP contribution is -2.20. The summed E-state index contributed by atoms with van der Waals surface area (Å²) in [5.74, 6) is -0.267. The summed E-state index contributed by atoms with van der Waals surface area (Å²) in [6.45, 7) is 1.40. The van der Waals surface area contributed by atoms with Crippen molar-refractivity contribution < 1.29 is 18.0 Å². The molecule has 2 aromatic rings. The Bertz CT molecular complexity index is 952. The van der Waals surface area contributed by atoms with Gasteiger partial charge in [-0.15, -0.1) is 0 Å². The zero-order valence-corrected chi connectivity index (χ0v) is 14.6. The molecule has 8 heteroatoms. The maximum absolute atomic E-state index is 12.5. The maximum Gasteiger partial charge on any atom is 0.261 e. The van der Waals surface area contributed by atoms with Crippen molar-refractivity contribution in [3.63, 3.8) is 0 Å². The zero-order valence-electron chi connectivity index (χ0n) is 13.7. The number of nitrogens with zero attached hydrogens (tertiary/aromatic N) is 1. The maximum atomic E-state index is 12.5. The first-order chi connectivity index (χ1) is 11.8. The van der Waals surface area contributed by atoms with E-state index in [9.17, 15) is 18.0 Å². The Morgan fingerprint density at radius 3 is 2.36 bits per heavy atom. The number of amides is 2. The highest BCUT2D eigenvalue weighted by atomic mass is 32.2. The van der Waals surface area contributed by atoms with Gasteiger partial charge in [-0.3, -0.25) is 14.3 Å². The molecule has 1 aliphatic rings. The molecule has 130 valence electrons. The summed E-state index contributed by atoms with van der Waals surface area (Å²) in [5.41, 5.74) is 2.37. The third kappa shape index (κ3) is 3.48. The van der Waals surface area contributed by atoms with Crippen molar-refractivity contribution in [2.45, 2.75) is 18.2 Å². The third-order valence-electron chi connectivity index (χ3n) is 3.90. The van der Waals surface area contributed by atoms with Crippen LogP contribution in [0.4, 0.5) is 17.1 Å². The van der Waals surface area contributed by atoms with Crippen molar-refractivity contribution in [3.05, 3.63) is 48.0 Å². The molecule has 0 saturated carbocycles. The number of carbonyl (C=O) groups excluding carboxylic acids is 2. The van der Waals surface area contributed by atoms with E-state index >= 15 is 0 Å². The fraction of sp³-hybridized carbons (Fsp3) is 0.176. The van der Waals surface area contributed by atoms with E-state index in [2.05, 4.69) is 10.0 Å². The van der Waals surface area contributed by atoms with E-state index in [1.165, 1.54) is 24.0 Å². The molecule has 2 aromatic carbocycles. The monoisotopic (exact) mass is 359 g/mol. The van der Waals surface area contributed by atoms with Gasteiger partial charge in [-0.2, -0.15) is 0 Å². The second-order valence-corrected chi connectivity index (χ2v) is 7.47. The molecule has 7 nitrogen and oxygen atoms in total. The number of fused-ring (bicyclic) bond motifs is 1. The predicted octanol–water partition coefficient (Wildman–Crippen LogP) is 1.96. The molecule has 1 aliphatic heterocycles. The number of carbonyl (C=O) groups is 2. The summed E-state index contributed by atoms with van der Waals surface area (Å²) in [6.07, 6.45) is 0.195. The van der Waals surface area contributed by atoms with Crippen molar-refractivity contribution in [3.8, 4) is 0 Å². The van der Waals surface area contributed by atoms with E-state index in [0.717, 1.165) is 5.69 Å². The molecule has 0 aliphatic carbocycles. The predicted molar refractivity (Wildman–Crippen MR) is 95.1 cm³/mol. The van der Waals surface area contributed by atoms with E-state index < -0.39 is 10.0 Å². The van der Waals surface area contributed by atoms with Gasteiger partial charge in [0.1, 0.15) is 0 Å². The van der Waals surface area contributed by atoms with Crippen molar-refractivity contribution in [2.75, 3.05) is 22.0 Å². The topological polar surface area (TPSA) is 95.6 Å². The molecule has 0 bridgehead atoms. The second kappa shape index (κ2) is 6.21. The largest absolute Gasteiger partial charge is 0.326 e. The summed E-state index contributed by atoms with van der Waals surface area (Å²) >= 11 is 0. The van der Waals surface area contributed by atoms with Crippen molar-refractivity contribution in [1.29, 1.82) is 0 Å². The fourth-order valence-electron chi connectivity index (χ4n) is 2.65. The number of benzene rings is 2. The molecule has 0 fully saturated rings. The molecule has 0 radical (unpaired) electrons. The van der Waals surface area contributed by atoms with E-state index in [1.54, 1.807) is 37.4 Å². The average Bonchev–Trinajstić information content (AvgIpc) is 2.83. The van der Waals surface area contributed by atoms with Crippen LogP contribution in [0.3, 0.4) is 0 Å². The summed E-state index contributed by atoms with van der Waals surface area (Å²) in [6, 6.07) is 11.0. The minimum Gasteiger partial charge on any atom is -0.326 e. The van der Waals surface area contributed by atoms with Gasteiger partial charge >= 0.3 is 0 Å². The molecule has 0 unspecified atom stereocenters. The van der Waals surface area contributed by atoms with Gasteiger partial charge in [-0.1, -0.05) is 0 Å². The Kier molecular flexibility index (Phi) is 4.22. The molecule has 0 saturated heterocycles. The number of hydrogen-bond donors (Lipinski definition) is 2. The highest BCUT2D eigenvalue weighted by Crippen LogP contribution is 2.30. The van der Waals surface area contributed by atoms with Gasteiger partial charge in [0.05, 0.1) is 11.3 Å². The zero-order chi connectivity index (χ0) is 18.2. The van der Waals surface area contributed by atoms with Crippen LogP contribution in [0.5, 0.6) is 0 Å². The van der Waals surface area contributed by atoms with Gasteiger partial charge in [0, 0.05) is 31.0 Å². The number of nitrogens with one attached hydrogen (secondary N) is 2. The van der Waals surface area contributed by atoms with Gasteiger partial charge < -0.3 is 10.2 Å². The van der Waals surface area contributed by atoms with Crippen LogP contribution in [0.2, 0.25) is 0 Å². The number of rotatable bonds is 4. The van der Waals surface area contributed by atoms with Crippen LogP contribution in [0.1, 0.15) is 12.5 Å². The Labute approximate surface area is 145 Å². The average molecular weight is 359 g/mol. The number of likely N-dealkylation sites (N-methyl/N-ethyl adjacent to an activating group) is 1. The van der Waals surface area contributed by atoms with Crippen molar-refractivity contribution >= 4 is 38.9 Å². The van der Waals surface area contributed by atoms with Gasteiger partial charge in [0.2, 0.25) is 11.8 Å². The quantitative estimate of drug-likeness (QED) is 0.872. The fourth-order valence-corrected chi connectivity index (χ4v) is 3.76. The first-order valence-electron chi connectivity index (χ1n) is 7.56. The lowest BCUT2D eigenvalue weighted by atomic mass is 10.2. The van der Waals surface area contributed by atoms with Gasteiger partial charge in [-0.25, -0.2) is 8.42 Å². The Balaban J connectivity index is 1.82. The molecular formula is C17H17N3O4S. The summed E-state index contributed by atoms with van der Waals surface area (Å²) in [5, 5.41) is 2.61. The smallest absolute Gasteiger partial charge is 0.261 e. The normalized spacial score (nSPS) is 13.5. The van der Waals surface area contributed by atoms with E-state index in [1.807, 2.05) is 0 Å². The Hall–Kier alpha value is -2.87. The third-order valence-corrected chi connectivity index (χ3v) is 5.27. The first-order valence-corrected chi connectivity index (χ1v) is 9.04. The second-order valence-electron chi connectivity index (χ2n) is 5.78. The first kappa shape index (κ1) is 17.0. The highest BCUT2D eigenvalue weighted by molar-refractivity contribution is 7.92. The number of hydrogen-bond acceptors (Lipinski definition) is 4. The van der Waals surface area contributed by atoms with E-state index in [0.29, 0.717) is 16.9 Å². The number of anilines is 3. The number of sulfonamides is 1. The molecule has 0 spiro atoms. The lowest BCUT2D eigenvalue weighted by molar-refractivity contribution is -0.117. The molecule has 3 rings (SSSR count). The van der Waals surface area contributed by atoms with Gasteiger partial charge in [0.25, 0.3) is 10.0 Å². The molecular weight excluding hydrogens is 342 g/mol. The molecule has 2 amide bonds.